The number of fused-ring (bicyclic) bond motifs is 1. The van der Waals surface area contributed by atoms with Crippen LogP contribution >= 0.6 is 11.6 Å². The van der Waals surface area contributed by atoms with Crippen LogP contribution in [0.15, 0.2) is 54.7 Å². The van der Waals surface area contributed by atoms with E-state index in [9.17, 15) is 32.3 Å². The molecule has 1 aromatic heterocycles. The van der Waals surface area contributed by atoms with Crippen LogP contribution in [0.3, 0.4) is 0 Å². The Balaban J connectivity index is 1.13. The summed E-state index contributed by atoms with van der Waals surface area (Å²) in [5.41, 5.74) is 5.99. The number of nitrogen functional groups attached to an aromatic ring is 1. The predicted molar refractivity (Wildman–Crippen MR) is 194 cm³/mol. The van der Waals surface area contributed by atoms with E-state index < -0.39 is 41.5 Å². The van der Waals surface area contributed by atoms with Crippen molar-refractivity contribution in [2.45, 2.75) is 50.9 Å². The Morgan fingerprint density at radius 1 is 1.00 bits per heavy atom. The molecule has 2 saturated heterocycles. The average Bonchev–Trinajstić information content (AvgIpc) is 3.33. The van der Waals surface area contributed by atoms with Gasteiger partial charge in [-0.3, -0.25) is 4.79 Å². The first-order valence-electron chi connectivity index (χ1n) is 17.8. The number of aromatic nitrogens is 1. The first-order chi connectivity index (χ1) is 25.8. The van der Waals surface area contributed by atoms with Gasteiger partial charge in [-0.2, -0.15) is 13.2 Å². The summed E-state index contributed by atoms with van der Waals surface area (Å²) in [4.78, 5) is 63.7. The summed E-state index contributed by atoms with van der Waals surface area (Å²) in [6, 6.07) is 12.6. The number of pyridine rings is 1. The van der Waals surface area contributed by atoms with Crippen molar-refractivity contribution >= 4 is 52.8 Å². The van der Waals surface area contributed by atoms with E-state index in [4.69, 9.17) is 26.8 Å². The third-order valence-electron chi connectivity index (χ3n) is 9.91. The molecular formula is C37H41ClF3N7O6. The van der Waals surface area contributed by atoms with Gasteiger partial charge in [0.1, 0.15) is 5.82 Å². The van der Waals surface area contributed by atoms with Gasteiger partial charge in [-0.25, -0.2) is 19.4 Å². The largest absolute Gasteiger partial charge is 0.462 e. The monoisotopic (exact) mass is 771 g/mol. The Hall–Kier alpha value is -5.25. The molecule has 6 rings (SSSR count). The molecule has 0 aliphatic carbocycles. The quantitative estimate of drug-likeness (QED) is 0.225. The van der Waals surface area contributed by atoms with E-state index in [1.807, 2.05) is 29.2 Å². The molecule has 3 aliphatic rings. The Morgan fingerprint density at radius 3 is 2.39 bits per heavy atom. The van der Waals surface area contributed by atoms with Crippen LogP contribution in [-0.2, 0) is 33.3 Å². The van der Waals surface area contributed by atoms with E-state index >= 15 is 0 Å². The number of nitrogens with one attached hydrogen (secondary N) is 1. The van der Waals surface area contributed by atoms with Gasteiger partial charge in [0.15, 0.2) is 6.10 Å². The Bertz CT molecular complexity index is 1870. The molecule has 288 valence electrons. The molecule has 17 heteroatoms. The summed E-state index contributed by atoms with van der Waals surface area (Å²) in [6.45, 7) is 4.06. The standard InChI is InChI=1S/C37H41ClF3N7O6/c1-2-53-34(50)25-7-8-31(43-22-25)45-15-17-46(18-16-45)33(49)30(21-23-19-27(37(39,40)41)32(42)28(38)20-23)54-36(52)47-12-10-26(11-13-47)48-14-9-24-5-3-4-6-29(24)44-35(48)51/h3-8,19-20,22,26,30H,2,9-18,21,42H2,1H3,(H,44,51)/t30-/m1/s1. The molecule has 0 radical (unpaired) electrons. The molecule has 3 aromatic rings. The molecule has 54 heavy (non-hydrogen) atoms. The first-order valence-corrected chi connectivity index (χ1v) is 18.1. The lowest BCUT2D eigenvalue weighted by molar-refractivity contribution is -0.141. The lowest BCUT2D eigenvalue weighted by atomic mass is 10.0. The van der Waals surface area contributed by atoms with Crippen molar-refractivity contribution < 1.29 is 41.8 Å². The summed E-state index contributed by atoms with van der Waals surface area (Å²) < 4.78 is 52.3. The van der Waals surface area contributed by atoms with Gasteiger partial charge in [-0.05, 0) is 67.6 Å². The molecule has 4 heterocycles. The van der Waals surface area contributed by atoms with Gasteiger partial charge in [0.05, 0.1) is 28.4 Å². The minimum Gasteiger partial charge on any atom is -0.462 e. The number of nitrogens with zero attached hydrogens (tertiary/aromatic N) is 5. The molecule has 0 unspecified atom stereocenters. The Morgan fingerprint density at radius 2 is 1.72 bits per heavy atom. The Kier molecular flexibility index (Phi) is 11.7. The minimum absolute atomic E-state index is 0.0177. The highest BCUT2D eigenvalue weighted by Gasteiger charge is 2.38. The van der Waals surface area contributed by atoms with Gasteiger partial charge in [-0.15, -0.1) is 0 Å². The van der Waals surface area contributed by atoms with Crippen LogP contribution in [-0.4, -0.2) is 108 Å². The second kappa shape index (κ2) is 16.4. The third kappa shape index (κ3) is 8.75. The summed E-state index contributed by atoms with van der Waals surface area (Å²) in [5.74, 6) is -0.483. The van der Waals surface area contributed by atoms with Crippen LogP contribution in [0.1, 0.15) is 46.8 Å². The van der Waals surface area contributed by atoms with E-state index in [0.29, 0.717) is 50.3 Å². The number of piperidine rings is 1. The van der Waals surface area contributed by atoms with Gasteiger partial charge in [-0.1, -0.05) is 29.8 Å². The van der Waals surface area contributed by atoms with Crippen LogP contribution in [0, 0.1) is 0 Å². The molecule has 2 fully saturated rings. The van der Waals surface area contributed by atoms with E-state index in [0.717, 1.165) is 17.3 Å². The summed E-state index contributed by atoms with van der Waals surface area (Å²) in [5, 5.41) is 2.63. The number of carbonyl (C=O) groups is 4. The van der Waals surface area contributed by atoms with Crippen molar-refractivity contribution in [2.75, 3.05) is 68.4 Å². The highest BCUT2D eigenvalue weighted by atomic mass is 35.5. The van der Waals surface area contributed by atoms with Crippen LogP contribution in [0.4, 0.5) is 40.0 Å². The molecule has 3 N–H and O–H groups in total. The molecule has 1 atom stereocenters. The second-order valence-corrected chi connectivity index (χ2v) is 13.7. The van der Waals surface area contributed by atoms with Crippen molar-refractivity contribution in [3.63, 3.8) is 0 Å². The normalized spacial score (nSPS) is 17.3. The number of likely N-dealkylation sites (tertiary alicyclic amines) is 1. The smallest absolute Gasteiger partial charge is 0.418 e. The van der Waals surface area contributed by atoms with Crippen molar-refractivity contribution in [2.24, 2.45) is 0 Å². The number of halogens is 4. The SMILES string of the molecule is CCOC(=O)c1ccc(N2CCN(C(=O)[C@@H](Cc3cc(Cl)c(N)c(C(F)(F)F)c3)OC(=O)N3CCC(N4CCc5ccccc5NC4=O)CC3)CC2)nc1. The second-order valence-electron chi connectivity index (χ2n) is 13.3. The van der Waals surface area contributed by atoms with Gasteiger partial charge < -0.3 is 40.1 Å². The topological polar surface area (TPSA) is 151 Å². The third-order valence-corrected chi connectivity index (χ3v) is 10.2. The van der Waals surface area contributed by atoms with Crippen LogP contribution < -0.4 is 16.0 Å². The van der Waals surface area contributed by atoms with Crippen molar-refractivity contribution in [3.05, 3.63) is 82.0 Å². The fraction of sp³-hybridized carbons (Fsp3) is 0.432. The van der Waals surface area contributed by atoms with E-state index in [1.54, 1.807) is 24.0 Å². The Labute approximate surface area is 315 Å². The molecule has 0 saturated carbocycles. The van der Waals surface area contributed by atoms with Crippen LogP contribution in [0.25, 0.3) is 0 Å². The molecule has 3 aliphatic heterocycles. The maximum absolute atomic E-state index is 14.0. The number of carbonyl (C=O) groups excluding carboxylic acids is 4. The van der Waals surface area contributed by atoms with Crippen molar-refractivity contribution in [1.29, 1.82) is 0 Å². The maximum atomic E-state index is 14.0. The van der Waals surface area contributed by atoms with E-state index in [2.05, 4.69) is 10.3 Å². The number of esters is 1. The zero-order chi connectivity index (χ0) is 38.6. The number of benzene rings is 2. The number of hydrogen-bond donors (Lipinski definition) is 2. The fourth-order valence-corrected chi connectivity index (χ4v) is 7.22. The predicted octanol–water partition coefficient (Wildman–Crippen LogP) is 5.46. The van der Waals surface area contributed by atoms with Gasteiger partial charge in [0, 0.05) is 70.2 Å². The van der Waals surface area contributed by atoms with Gasteiger partial charge in [0.2, 0.25) is 0 Å². The highest BCUT2D eigenvalue weighted by molar-refractivity contribution is 6.33. The summed E-state index contributed by atoms with van der Waals surface area (Å²) in [7, 11) is 0. The number of para-hydroxylation sites is 1. The van der Waals surface area contributed by atoms with Crippen LogP contribution in [0.2, 0.25) is 5.02 Å². The zero-order valence-electron chi connectivity index (χ0n) is 29.6. The number of alkyl halides is 3. The lowest BCUT2D eigenvalue weighted by Gasteiger charge is -2.39. The van der Waals surface area contributed by atoms with Crippen molar-refractivity contribution in [1.82, 2.24) is 19.7 Å². The van der Waals surface area contributed by atoms with E-state index in [1.165, 1.54) is 22.1 Å². The number of nitrogens with two attached hydrogens (primary N) is 1. The van der Waals surface area contributed by atoms with Gasteiger partial charge in [0.25, 0.3) is 5.91 Å². The number of rotatable bonds is 8. The zero-order valence-corrected chi connectivity index (χ0v) is 30.4. The van der Waals surface area contributed by atoms with Gasteiger partial charge >= 0.3 is 24.3 Å². The molecular weight excluding hydrogens is 731 g/mol. The van der Waals surface area contributed by atoms with E-state index in [-0.39, 0.29) is 61.9 Å². The van der Waals surface area contributed by atoms with Crippen molar-refractivity contribution in [3.8, 4) is 0 Å². The lowest BCUT2D eigenvalue weighted by Crippen LogP contribution is -2.54. The molecule has 0 bridgehead atoms. The molecule has 13 nitrogen and oxygen atoms in total. The number of amides is 4. The highest BCUT2D eigenvalue weighted by Crippen LogP contribution is 2.38. The molecule has 4 amide bonds. The average molecular weight is 772 g/mol. The molecule has 0 spiro atoms. The summed E-state index contributed by atoms with van der Waals surface area (Å²) in [6.07, 6.45) is -4.42. The fourth-order valence-electron chi connectivity index (χ4n) is 6.98. The maximum Gasteiger partial charge on any atom is 0.418 e. The number of ether oxygens (including phenoxy) is 2. The number of hydrogen-bond acceptors (Lipinski definition) is 9. The number of piperazine rings is 1. The first kappa shape index (κ1) is 38.5. The molecule has 2 aromatic carbocycles. The van der Waals surface area contributed by atoms with Crippen LogP contribution in [0.5, 0.6) is 0 Å². The number of urea groups is 1. The summed E-state index contributed by atoms with van der Waals surface area (Å²) >= 11 is 6.10. The minimum atomic E-state index is -4.81. The number of anilines is 3.